The summed E-state index contributed by atoms with van der Waals surface area (Å²) in [7, 11) is 0. The highest BCUT2D eigenvalue weighted by atomic mass is 32.1. The lowest BCUT2D eigenvalue weighted by atomic mass is 10.1. The minimum absolute atomic E-state index is 0.247. The van der Waals surface area contributed by atoms with Gasteiger partial charge in [0, 0.05) is 17.1 Å². The summed E-state index contributed by atoms with van der Waals surface area (Å²) in [6, 6.07) is 12.6. The van der Waals surface area contributed by atoms with E-state index in [1.54, 1.807) is 11.3 Å². The molecule has 0 saturated carbocycles. The van der Waals surface area contributed by atoms with E-state index in [9.17, 15) is 4.79 Å². The van der Waals surface area contributed by atoms with Crippen LogP contribution in [0.1, 0.15) is 39.9 Å². The van der Waals surface area contributed by atoms with Crippen LogP contribution in [0, 0.1) is 0 Å². The van der Waals surface area contributed by atoms with Crippen LogP contribution in [0.4, 0.5) is 5.69 Å². The Morgan fingerprint density at radius 1 is 1.19 bits per heavy atom. The van der Waals surface area contributed by atoms with Crippen molar-refractivity contribution in [2.24, 2.45) is 0 Å². The Kier molecular flexibility index (Phi) is 4.39. The molecule has 1 aromatic heterocycles. The van der Waals surface area contributed by atoms with Crippen molar-refractivity contribution in [3.8, 4) is 0 Å². The minimum Gasteiger partial charge on any atom is -0.364 e. The van der Waals surface area contributed by atoms with Crippen LogP contribution in [-0.4, -0.2) is 18.9 Å². The van der Waals surface area contributed by atoms with Crippen LogP contribution >= 0.6 is 11.3 Å². The number of Topliss-reactive ketones (excluding diaryl/α,β-unsaturated/α-hetero) is 1. The Morgan fingerprint density at radius 2 is 2.05 bits per heavy atom. The zero-order valence-corrected chi connectivity index (χ0v) is 13.3. The number of ketones is 1. The van der Waals surface area contributed by atoms with Gasteiger partial charge in [0.2, 0.25) is 0 Å². The van der Waals surface area contributed by atoms with E-state index < -0.39 is 0 Å². The largest absolute Gasteiger partial charge is 0.364 e. The fourth-order valence-electron chi connectivity index (χ4n) is 2.90. The predicted octanol–water partition coefficient (Wildman–Crippen LogP) is 4.34. The second-order valence-electron chi connectivity index (χ2n) is 5.55. The van der Waals surface area contributed by atoms with Crippen molar-refractivity contribution in [3.63, 3.8) is 0 Å². The molecule has 2 aromatic rings. The summed E-state index contributed by atoms with van der Waals surface area (Å²) >= 11 is 1.64. The number of fused-ring (bicyclic) bond motifs is 1. The first-order chi connectivity index (χ1) is 10.3. The number of hydrogen-bond donors (Lipinski definition) is 0. The Balaban J connectivity index is 1.79. The van der Waals surface area contributed by atoms with Crippen LogP contribution in [0.2, 0.25) is 0 Å². The molecule has 0 bridgehead atoms. The van der Waals surface area contributed by atoms with E-state index in [2.05, 4.69) is 42.2 Å². The number of anilines is 1. The molecule has 1 aromatic carbocycles. The SMILES string of the molecule is CCc1ccc(C(=O)CN2CCCCc3ccccc32)s1. The molecule has 3 rings (SSSR count). The summed E-state index contributed by atoms with van der Waals surface area (Å²) in [4.78, 5) is 17.0. The van der Waals surface area contributed by atoms with Gasteiger partial charge in [-0.1, -0.05) is 25.1 Å². The molecule has 0 radical (unpaired) electrons. The van der Waals surface area contributed by atoms with Crippen molar-refractivity contribution < 1.29 is 4.79 Å². The van der Waals surface area contributed by atoms with E-state index in [0.29, 0.717) is 6.54 Å². The molecule has 0 spiro atoms. The van der Waals surface area contributed by atoms with Gasteiger partial charge in [-0.3, -0.25) is 4.79 Å². The smallest absolute Gasteiger partial charge is 0.191 e. The summed E-state index contributed by atoms with van der Waals surface area (Å²) in [6.07, 6.45) is 4.50. The topological polar surface area (TPSA) is 20.3 Å². The molecular weight excluding hydrogens is 278 g/mol. The van der Waals surface area contributed by atoms with Crippen LogP contribution in [-0.2, 0) is 12.8 Å². The van der Waals surface area contributed by atoms with Gasteiger partial charge in [-0.15, -0.1) is 11.3 Å². The van der Waals surface area contributed by atoms with Gasteiger partial charge in [0.1, 0.15) is 0 Å². The molecule has 0 saturated heterocycles. The van der Waals surface area contributed by atoms with Crippen LogP contribution < -0.4 is 4.90 Å². The summed E-state index contributed by atoms with van der Waals surface area (Å²) < 4.78 is 0. The van der Waals surface area contributed by atoms with E-state index in [1.807, 2.05) is 6.07 Å². The molecule has 2 nitrogen and oxygen atoms in total. The second kappa shape index (κ2) is 6.44. The summed E-state index contributed by atoms with van der Waals surface area (Å²) in [5.74, 6) is 0.247. The molecular formula is C18H21NOS. The maximum atomic E-state index is 12.5. The van der Waals surface area contributed by atoms with E-state index in [0.717, 1.165) is 30.7 Å². The van der Waals surface area contributed by atoms with Crippen molar-refractivity contribution in [2.45, 2.75) is 32.6 Å². The summed E-state index contributed by atoms with van der Waals surface area (Å²) in [5.41, 5.74) is 2.62. The maximum absolute atomic E-state index is 12.5. The number of nitrogens with zero attached hydrogens (tertiary/aromatic N) is 1. The number of para-hydroxylation sites is 1. The van der Waals surface area contributed by atoms with Crippen molar-refractivity contribution in [1.29, 1.82) is 0 Å². The van der Waals surface area contributed by atoms with Gasteiger partial charge in [-0.2, -0.15) is 0 Å². The van der Waals surface area contributed by atoms with E-state index in [4.69, 9.17) is 0 Å². The molecule has 1 aliphatic heterocycles. The van der Waals surface area contributed by atoms with Crippen molar-refractivity contribution >= 4 is 22.8 Å². The fraction of sp³-hybridized carbons (Fsp3) is 0.389. The lowest BCUT2D eigenvalue weighted by Gasteiger charge is -2.23. The number of carbonyl (C=O) groups is 1. The Labute approximate surface area is 130 Å². The molecule has 2 heterocycles. The lowest BCUT2D eigenvalue weighted by molar-refractivity contribution is 0.100. The first-order valence-electron chi connectivity index (χ1n) is 7.72. The molecule has 0 aliphatic carbocycles. The molecule has 1 aliphatic rings. The number of aryl methyl sites for hydroxylation is 2. The highest BCUT2D eigenvalue weighted by Gasteiger charge is 2.19. The van der Waals surface area contributed by atoms with Crippen molar-refractivity contribution in [3.05, 3.63) is 51.7 Å². The zero-order valence-electron chi connectivity index (χ0n) is 12.5. The lowest BCUT2D eigenvalue weighted by Crippen LogP contribution is -2.30. The fourth-order valence-corrected chi connectivity index (χ4v) is 3.78. The minimum atomic E-state index is 0.247. The average Bonchev–Trinajstić information content (AvgIpc) is 2.91. The number of thiophene rings is 1. The highest BCUT2D eigenvalue weighted by molar-refractivity contribution is 7.14. The molecule has 0 N–H and O–H groups in total. The third kappa shape index (κ3) is 3.18. The summed E-state index contributed by atoms with van der Waals surface area (Å²) in [5, 5.41) is 0. The third-order valence-electron chi connectivity index (χ3n) is 4.08. The van der Waals surface area contributed by atoms with Gasteiger partial charge in [-0.05, 0) is 49.4 Å². The van der Waals surface area contributed by atoms with E-state index in [-0.39, 0.29) is 5.78 Å². The standard InChI is InChI=1S/C18H21NOS/c1-2-15-10-11-18(21-15)17(20)13-19-12-6-5-8-14-7-3-4-9-16(14)19/h3-4,7,9-11H,2,5-6,8,12-13H2,1H3. The molecule has 21 heavy (non-hydrogen) atoms. The molecule has 0 fully saturated rings. The normalized spacial score (nSPS) is 14.6. The van der Waals surface area contributed by atoms with Gasteiger partial charge in [0.05, 0.1) is 11.4 Å². The predicted molar refractivity (Wildman–Crippen MR) is 89.6 cm³/mol. The Bertz CT molecular complexity index is 632. The summed E-state index contributed by atoms with van der Waals surface area (Å²) in [6.45, 7) is 3.61. The Hall–Kier alpha value is -1.61. The van der Waals surface area contributed by atoms with Crippen molar-refractivity contribution in [2.75, 3.05) is 18.0 Å². The quantitative estimate of drug-likeness (QED) is 0.783. The van der Waals surface area contributed by atoms with Gasteiger partial charge >= 0.3 is 0 Å². The van der Waals surface area contributed by atoms with Gasteiger partial charge in [-0.25, -0.2) is 0 Å². The number of benzene rings is 1. The molecule has 3 heteroatoms. The van der Waals surface area contributed by atoms with Gasteiger partial charge < -0.3 is 4.90 Å². The average molecular weight is 299 g/mol. The van der Waals surface area contributed by atoms with Gasteiger partial charge in [0.15, 0.2) is 5.78 Å². The molecule has 0 unspecified atom stereocenters. The second-order valence-corrected chi connectivity index (χ2v) is 6.72. The van der Waals surface area contributed by atoms with Crippen molar-refractivity contribution in [1.82, 2.24) is 0 Å². The number of carbonyl (C=O) groups excluding carboxylic acids is 1. The van der Waals surface area contributed by atoms with Crippen LogP contribution in [0.3, 0.4) is 0 Å². The highest BCUT2D eigenvalue weighted by Crippen LogP contribution is 2.27. The molecule has 0 amide bonds. The first kappa shape index (κ1) is 14.3. The zero-order chi connectivity index (χ0) is 14.7. The number of hydrogen-bond acceptors (Lipinski definition) is 3. The third-order valence-corrected chi connectivity index (χ3v) is 5.35. The Morgan fingerprint density at radius 3 is 2.86 bits per heavy atom. The maximum Gasteiger partial charge on any atom is 0.191 e. The van der Waals surface area contributed by atoms with E-state index in [1.165, 1.54) is 22.5 Å². The van der Waals surface area contributed by atoms with Crippen LogP contribution in [0.15, 0.2) is 36.4 Å². The monoisotopic (exact) mass is 299 g/mol. The molecule has 0 atom stereocenters. The van der Waals surface area contributed by atoms with Crippen LogP contribution in [0.5, 0.6) is 0 Å². The first-order valence-corrected chi connectivity index (χ1v) is 8.54. The van der Waals surface area contributed by atoms with Crippen LogP contribution in [0.25, 0.3) is 0 Å². The number of rotatable bonds is 4. The molecule has 110 valence electrons. The van der Waals surface area contributed by atoms with Gasteiger partial charge in [0.25, 0.3) is 0 Å². The van der Waals surface area contributed by atoms with E-state index >= 15 is 0 Å².